The highest BCUT2D eigenvalue weighted by Gasteiger charge is 2.15. The molecule has 0 aliphatic carbocycles. The van der Waals surface area contributed by atoms with Crippen LogP contribution in [0.5, 0.6) is 11.5 Å². The molecule has 0 atom stereocenters. The second-order valence-electron chi connectivity index (χ2n) is 6.92. The second-order valence-corrected chi connectivity index (χ2v) is 9.31. The molecule has 0 heterocycles. The molecule has 30 heavy (non-hydrogen) atoms. The molecule has 0 unspecified atom stereocenters. The van der Waals surface area contributed by atoms with Crippen molar-refractivity contribution in [3.63, 3.8) is 0 Å². The van der Waals surface area contributed by atoms with Gasteiger partial charge in [0.15, 0.2) is 0 Å². The lowest BCUT2D eigenvalue weighted by atomic mass is 10.1. The fourth-order valence-electron chi connectivity index (χ4n) is 2.87. The molecule has 0 aliphatic heterocycles. The Bertz CT molecular complexity index is 828. The van der Waals surface area contributed by atoms with Crippen molar-refractivity contribution in [1.29, 1.82) is 0 Å². The second kappa shape index (κ2) is 13.2. The zero-order valence-corrected chi connectivity index (χ0v) is 19.2. The van der Waals surface area contributed by atoms with Crippen LogP contribution in [0.1, 0.15) is 39.0 Å². The third-order valence-corrected chi connectivity index (χ3v) is 6.97. The van der Waals surface area contributed by atoms with Gasteiger partial charge in [-0.1, -0.05) is 92.5 Å². The van der Waals surface area contributed by atoms with E-state index in [9.17, 15) is 0 Å². The van der Waals surface area contributed by atoms with Crippen molar-refractivity contribution in [3.8, 4) is 11.5 Å². The minimum atomic E-state index is -1.26. The molecule has 0 aromatic heterocycles. The van der Waals surface area contributed by atoms with Crippen LogP contribution in [0.25, 0.3) is 0 Å². The van der Waals surface area contributed by atoms with Crippen LogP contribution in [0.4, 0.5) is 0 Å². The summed E-state index contributed by atoms with van der Waals surface area (Å²) < 4.78 is 12.5. The summed E-state index contributed by atoms with van der Waals surface area (Å²) in [6.07, 6.45) is 5.99. The SMILES string of the molecule is CCCCCC/C(=C/P(Oc1ccccc1)Oc1ccccc1)Sc1ccccc1. The zero-order valence-electron chi connectivity index (χ0n) is 17.4. The summed E-state index contributed by atoms with van der Waals surface area (Å²) >= 11 is 1.81. The maximum atomic E-state index is 6.27. The van der Waals surface area contributed by atoms with Gasteiger partial charge in [0.05, 0.1) is 0 Å². The molecule has 0 spiro atoms. The number of allylic oxidation sites excluding steroid dienone is 1. The maximum Gasteiger partial charge on any atom is 0.319 e. The molecule has 0 amide bonds. The first kappa shape index (κ1) is 22.5. The van der Waals surface area contributed by atoms with E-state index in [4.69, 9.17) is 9.05 Å². The lowest BCUT2D eigenvalue weighted by Gasteiger charge is -2.17. The molecule has 0 aliphatic rings. The van der Waals surface area contributed by atoms with E-state index in [1.54, 1.807) is 0 Å². The highest BCUT2D eigenvalue weighted by atomic mass is 32.2. The Kier molecular flexibility index (Phi) is 9.85. The van der Waals surface area contributed by atoms with Crippen molar-refractivity contribution >= 4 is 20.1 Å². The predicted octanol–water partition coefficient (Wildman–Crippen LogP) is 9.06. The molecule has 4 heteroatoms. The molecule has 0 N–H and O–H groups in total. The summed E-state index contributed by atoms with van der Waals surface area (Å²) in [7, 11) is -1.26. The van der Waals surface area contributed by atoms with Crippen molar-refractivity contribution in [1.82, 2.24) is 0 Å². The van der Waals surface area contributed by atoms with Crippen LogP contribution in [0.2, 0.25) is 0 Å². The quantitative estimate of drug-likeness (QED) is 0.160. The maximum absolute atomic E-state index is 6.27. The zero-order chi connectivity index (χ0) is 20.9. The lowest BCUT2D eigenvalue weighted by molar-refractivity contribution is 0.500. The molecule has 0 radical (unpaired) electrons. The molecule has 156 valence electrons. The molecule has 0 fully saturated rings. The normalized spacial score (nSPS) is 11.5. The minimum absolute atomic E-state index is 0.825. The number of hydrogen-bond acceptors (Lipinski definition) is 3. The van der Waals surface area contributed by atoms with Crippen LogP contribution in [0.15, 0.2) is 107 Å². The van der Waals surface area contributed by atoms with E-state index < -0.39 is 8.38 Å². The fraction of sp³-hybridized carbons (Fsp3) is 0.231. The number of rotatable bonds is 12. The number of thioether (sulfide) groups is 1. The van der Waals surface area contributed by atoms with E-state index in [0.717, 1.165) is 17.9 Å². The standard InChI is InChI=1S/C26H29O2PS/c1-2-3-4-12-21-26(30-25-19-13-7-14-20-25)22-29(27-23-15-8-5-9-16-23)28-24-17-10-6-11-18-24/h5-11,13-20,22H,2-4,12,21H2,1H3/b26-22-. The van der Waals surface area contributed by atoms with Crippen molar-refractivity contribution in [2.75, 3.05) is 0 Å². The topological polar surface area (TPSA) is 18.5 Å². The van der Waals surface area contributed by atoms with Gasteiger partial charge in [0.1, 0.15) is 11.5 Å². The Morgan fingerprint density at radius 1 is 0.733 bits per heavy atom. The Labute approximate surface area is 186 Å². The Morgan fingerprint density at radius 3 is 1.80 bits per heavy atom. The van der Waals surface area contributed by atoms with Crippen molar-refractivity contribution in [2.24, 2.45) is 0 Å². The van der Waals surface area contributed by atoms with Crippen molar-refractivity contribution < 1.29 is 9.05 Å². The average Bonchev–Trinajstić information content (AvgIpc) is 2.79. The van der Waals surface area contributed by atoms with Crippen LogP contribution in [0.3, 0.4) is 0 Å². The first-order chi connectivity index (χ1) is 14.8. The summed E-state index contributed by atoms with van der Waals surface area (Å²) in [5, 5.41) is 0. The van der Waals surface area contributed by atoms with Gasteiger partial charge in [-0.2, -0.15) is 0 Å². The summed E-state index contributed by atoms with van der Waals surface area (Å²) in [5.74, 6) is 3.84. The molecule has 3 aromatic carbocycles. The van der Waals surface area contributed by atoms with E-state index in [2.05, 4.69) is 43.1 Å². The smallest absolute Gasteiger partial charge is 0.319 e. The monoisotopic (exact) mass is 436 g/mol. The Balaban J connectivity index is 1.80. The summed E-state index contributed by atoms with van der Waals surface area (Å²) in [6, 6.07) is 30.4. The molecule has 0 bridgehead atoms. The van der Waals surface area contributed by atoms with Crippen LogP contribution in [-0.2, 0) is 0 Å². The number of unbranched alkanes of at least 4 members (excludes halogenated alkanes) is 3. The molecule has 3 aromatic rings. The van der Waals surface area contributed by atoms with Gasteiger partial charge < -0.3 is 9.05 Å². The van der Waals surface area contributed by atoms with E-state index in [1.807, 2.05) is 72.4 Å². The molecule has 0 saturated heterocycles. The third kappa shape index (κ3) is 8.26. The van der Waals surface area contributed by atoms with Gasteiger partial charge in [-0.15, -0.1) is 0 Å². The van der Waals surface area contributed by atoms with Crippen molar-refractivity contribution in [3.05, 3.63) is 102 Å². The largest absolute Gasteiger partial charge is 0.436 e. The number of benzene rings is 3. The van der Waals surface area contributed by atoms with Gasteiger partial charge in [-0.05, 0) is 54.1 Å². The molecular weight excluding hydrogens is 407 g/mol. The lowest BCUT2D eigenvalue weighted by Crippen LogP contribution is -1.95. The van der Waals surface area contributed by atoms with E-state index in [0.29, 0.717) is 0 Å². The van der Waals surface area contributed by atoms with Gasteiger partial charge in [0.2, 0.25) is 0 Å². The summed E-state index contributed by atoms with van der Waals surface area (Å²) in [5.41, 5.74) is 0. The molecule has 0 saturated carbocycles. The summed E-state index contributed by atoms with van der Waals surface area (Å²) in [4.78, 5) is 2.55. The van der Waals surface area contributed by atoms with E-state index in [-0.39, 0.29) is 0 Å². The van der Waals surface area contributed by atoms with Gasteiger partial charge >= 0.3 is 8.38 Å². The Morgan fingerprint density at radius 2 is 1.27 bits per heavy atom. The molecular formula is C26H29O2PS. The minimum Gasteiger partial charge on any atom is -0.436 e. The summed E-state index contributed by atoms with van der Waals surface area (Å²) in [6.45, 7) is 2.25. The first-order valence-electron chi connectivity index (χ1n) is 10.5. The van der Waals surface area contributed by atoms with Crippen LogP contribution in [0, 0.1) is 0 Å². The number of hydrogen-bond donors (Lipinski definition) is 0. The molecule has 3 rings (SSSR count). The highest BCUT2D eigenvalue weighted by Crippen LogP contribution is 2.45. The van der Waals surface area contributed by atoms with Gasteiger partial charge in [0, 0.05) is 10.7 Å². The fourth-order valence-corrected chi connectivity index (χ4v) is 5.34. The van der Waals surface area contributed by atoms with Crippen molar-refractivity contribution in [2.45, 2.75) is 43.9 Å². The third-order valence-electron chi connectivity index (χ3n) is 4.40. The van der Waals surface area contributed by atoms with Gasteiger partial charge in [0.25, 0.3) is 0 Å². The van der Waals surface area contributed by atoms with Gasteiger partial charge in [-0.25, -0.2) is 0 Å². The average molecular weight is 437 g/mol. The van der Waals surface area contributed by atoms with E-state index in [1.165, 1.54) is 35.5 Å². The molecule has 2 nitrogen and oxygen atoms in total. The first-order valence-corrected chi connectivity index (χ1v) is 12.6. The van der Waals surface area contributed by atoms with Crippen LogP contribution < -0.4 is 9.05 Å². The van der Waals surface area contributed by atoms with E-state index >= 15 is 0 Å². The van der Waals surface area contributed by atoms with Crippen LogP contribution >= 0.6 is 20.1 Å². The Hall–Kier alpha value is -2.22. The number of para-hydroxylation sites is 2. The predicted molar refractivity (Wildman–Crippen MR) is 130 cm³/mol. The van der Waals surface area contributed by atoms with Crippen LogP contribution in [-0.4, -0.2) is 0 Å². The highest BCUT2D eigenvalue weighted by molar-refractivity contribution is 8.03. The van der Waals surface area contributed by atoms with Gasteiger partial charge in [-0.3, -0.25) is 0 Å².